The molecule has 0 unspecified atom stereocenters. The number of carbonyl (C=O) groups excluding carboxylic acids is 1. The number of thiophene rings is 2. The predicted molar refractivity (Wildman–Crippen MR) is 115 cm³/mol. The highest BCUT2D eigenvalue weighted by Gasteiger charge is 2.15. The Kier molecular flexibility index (Phi) is 4.99. The van der Waals surface area contributed by atoms with Gasteiger partial charge in [-0.15, -0.1) is 22.7 Å². The molecule has 1 aromatic carbocycles. The maximum atomic E-state index is 12.6. The van der Waals surface area contributed by atoms with Crippen molar-refractivity contribution in [1.29, 1.82) is 0 Å². The summed E-state index contributed by atoms with van der Waals surface area (Å²) < 4.78 is 0. The molecular formula is C20H16N2O2S3. The second-order valence-electron chi connectivity index (χ2n) is 6.19. The number of ketones is 1. The Bertz CT molecular complexity index is 1190. The number of nitrogens with zero attached hydrogens (tertiary/aromatic N) is 1. The standard InChI is InChI=1S/C20H16N2O2S3/c1-11-5-6-13(8-12(11)2)15(23)10-27-20-21-18(24)17-14(9-26-19(17)22-20)16-4-3-7-25-16/h3-9H,10H2,1-2H3,(H,21,22,24). The van der Waals surface area contributed by atoms with E-state index in [4.69, 9.17) is 0 Å². The molecule has 3 aromatic heterocycles. The normalized spacial score (nSPS) is 11.2. The summed E-state index contributed by atoms with van der Waals surface area (Å²) in [4.78, 5) is 34.2. The Labute approximate surface area is 168 Å². The number of thioether (sulfide) groups is 1. The molecule has 0 aliphatic heterocycles. The summed E-state index contributed by atoms with van der Waals surface area (Å²) in [6.07, 6.45) is 0. The second-order valence-corrected chi connectivity index (χ2v) is 8.96. The average molecular weight is 413 g/mol. The average Bonchev–Trinajstić information content (AvgIpc) is 3.31. The molecule has 0 aliphatic carbocycles. The van der Waals surface area contributed by atoms with Crippen molar-refractivity contribution >= 4 is 50.4 Å². The van der Waals surface area contributed by atoms with Crippen molar-refractivity contribution in [2.24, 2.45) is 0 Å². The Morgan fingerprint density at radius 3 is 2.78 bits per heavy atom. The summed E-state index contributed by atoms with van der Waals surface area (Å²) in [6, 6.07) is 9.67. The molecule has 0 atom stereocenters. The van der Waals surface area contributed by atoms with Crippen molar-refractivity contribution in [2.75, 3.05) is 5.75 Å². The second kappa shape index (κ2) is 7.42. The minimum absolute atomic E-state index is 0.0244. The van der Waals surface area contributed by atoms with E-state index in [0.717, 1.165) is 21.6 Å². The fourth-order valence-electron chi connectivity index (χ4n) is 2.74. The Hall–Kier alpha value is -2.22. The van der Waals surface area contributed by atoms with Crippen LogP contribution in [0, 0.1) is 13.8 Å². The van der Waals surface area contributed by atoms with Crippen molar-refractivity contribution in [3.05, 3.63) is 68.1 Å². The van der Waals surface area contributed by atoms with E-state index in [1.165, 1.54) is 23.1 Å². The first-order valence-electron chi connectivity index (χ1n) is 8.31. The number of H-pyrrole nitrogens is 1. The number of aryl methyl sites for hydroxylation is 2. The van der Waals surface area contributed by atoms with Gasteiger partial charge in [0, 0.05) is 21.4 Å². The largest absolute Gasteiger partial charge is 0.301 e. The van der Waals surface area contributed by atoms with E-state index < -0.39 is 0 Å². The molecule has 0 bridgehead atoms. The first-order valence-corrected chi connectivity index (χ1v) is 11.1. The molecule has 4 nitrogen and oxygen atoms in total. The summed E-state index contributed by atoms with van der Waals surface area (Å²) in [5.74, 6) is 0.261. The van der Waals surface area contributed by atoms with Crippen LogP contribution in [0.5, 0.6) is 0 Å². The lowest BCUT2D eigenvalue weighted by Gasteiger charge is -2.05. The Balaban J connectivity index is 1.57. The highest BCUT2D eigenvalue weighted by molar-refractivity contribution is 7.99. The van der Waals surface area contributed by atoms with Gasteiger partial charge < -0.3 is 4.98 Å². The lowest BCUT2D eigenvalue weighted by molar-refractivity contribution is 0.102. The zero-order valence-corrected chi connectivity index (χ0v) is 17.2. The van der Waals surface area contributed by atoms with E-state index in [0.29, 0.717) is 20.9 Å². The van der Waals surface area contributed by atoms with Gasteiger partial charge in [-0.25, -0.2) is 4.98 Å². The van der Waals surface area contributed by atoms with Gasteiger partial charge in [0.05, 0.1) is 11.1 Å². The maximum Gasteiger partial charge on any atom is 0.260 e. The molecule has 7 heteroatoms. The highest BCUT2D eigenvalue weighted by atomic mass is 32.2. The number of Topliss-reactive ketones (excluding diaryl/α,β-unsaturated/α-hetero) is 1. The SMILES string of the molecule is Cc1ccc(C(=O)CSc2nc3scc(-c4cccs4)c3c(=O)[nH]2)cc1C. The smallest absolute Gasteiger partial charge is 0.260 e. The molecule has 136 valence electrons. The first kappa shape index (κ1) is 18.2. The van der Waals surface area contributed by atoms with Crippen molar-refractivity contribution < 1.29 is 4.79 Å². The fourth-order valence-corrected chi connectivity index (χ4v) is 5.32. The molecule has 0 fully saturated rings. The van der Waals surface area contributed by atoms with Crippen LogP contribution in [0.1, 0.15) is 21.5 Å². The van der Waals surface area contributed by atoms with E-state index in [-0.39, 0.29) is 17.1 Å². The lowest BCUT2D eigenvalue weighted by atomic mass is 10.0. The van der Waals surface area contributed by atoms with Gasteiger partial charge in [0.2, 0.25) is 0 Å². The van der Waals surface area contributed by atoms with Gasteiger partial charge in [0.25, 0.3) is 5.56 Å². The molecule has 0 radical (unpaired) electrons. The van der Waals surface area contributed by atoms with Crippen LogP contribution in [-0.4, -0.2) is 21.5 Å². The summed E-state index contributed by atoms with van der Waals surface area (Å²) in [5, 5.41) is 5.05. The molecular weight excluding hydrogens is 396 g/mol. The predicted octanol–water partition coefficient (Wildman–Crippen LogP) is 5.30. The van der Waals surface area contributed by atoms with Crippen LogP contribution in [0.4, 0.5) is 0 Å². The number of hydrogen-bond donors (Lipinski definition) is 1. The minimum atomic E-state index is -0.161. The van der Waals surface area contributed by atoms with Crippen LogP contribution in [0.15, 0.2) is 51.0 Å². The third-order valence-electron chi connectivity index (χ3n) is 4.38. The Morgan fingerprint density at radius 2 is 2.04 bits per heavy atom. The monoisotopic (exact) mass is 412 g/mol. The van der Waals surface area contributed by atoms with Crippen molar-refractivity contribution in [2.45, 2.75) is 19.0 Å². The fraction of sp³-hybridized carbons (Fsp3) is 0.150. The molecule has 1 N–H and O–H groups in total. The van der Waals surface area contributed by atoms with E-state index in [1.807, 2.05) is 54.9 Å². The Morgan fingerprint density at radius 1 is 1.19 bits per heavy atom. The van der Waals surface area contributed by atoms with Gasteiger partial charge in [0.1, 0.15) is 4.83 Å². The molecule has 4 aromatic rings. The number of benzene rings is 1. The topological polar surface area (TPSA) is 62.8 Å². The van der Waals surface area contributed by atoms with Gasteiger partial charge in [-0.05, 0) is 42.5 Å². The third kappa shape index (κ3) is 3.63. The van der Waals surface area contributed by atoms with Crippen LogP contribution >= 0.6 is 34.4 Å². The minimum Gasteiger partial charge on any atom is -0.301 e. The van der Waals surface area contributed by atoms with Crippen LogP contribution in [0.2, 0.25) is 0 Å². The van der Waals surface area contributed by atoms with Crippen LogP contribution in [0.25, 0.3) is 20.7 Å². The van der Waals surface area contributed by atoms with Crippen molar-refractivity contribution in [3.8, 4) is 10.4 Å². The molecule has 0 spiro atoms. The maximum absolute atomic E-state index is 12.6. The quantitative estimate of drug-likeness (QED) is 0.274. The highest BCUT2D eigenvalue weighted by Crippen LogP contribution is 2.34. The van der Waals surface area contributed by atoms with Gasteiger partial charge in [-0.2, -0.15) is 0 Å². The van der Waals surface area contributed by atoms with Crippen LogP contribution in [-0.2, 0) is 0 Å². The lowest BCUT2D eigenvalue weighted by Crippen LogP contribution is -2.10. The van der Waals surface area contributed by atoms with E-state index in [2.05, 4.69) is 9.97 Å². The summed E-state index contributed by atoms with van der Waals surface area (Å²) in [5.41, 5.74) is 3.70. The summed E-state index contributed by atoms with van der Waals surface area (Å²) in [6.45, 7) is 4.02. The van der Waals surface area contributed by atoms with Gasteiger partial charge >= 0.3 is 0 Å². The van der Waals surface area contributed by atoms with Crippen molar-refractivity contribution in [3.63, 3.8) is 0 Å². The number of hydrogen-bond acceptors (Lipinski definition) is 6. The molecule has 0 saturated carbocycles. The summed E-state index contributed by atoms with van der Waals surface area (Å²) in [7, 11) is 0. The number of carbonyl (C=O) groups is 1. The number of rotatable bonds is 5. The molecule has 3 heterocycles. The zero-order valence-electron chi connectivity index (χ0n) is 14.7. The van der Waals surface area contributed by atoms with Gasteiger partial charge in [-0.3, -0.25) is 9.59 Å². The van der Waals surface area contributed by atoms with Gasteiger partial charge in [0.15, 0.2) is 10.9 Å². The van der Waals surface area contributed by atoms with E-state index in [1.54, 1.807) is 11.3 Å². The third-order valence-corrected chi connectivity index (χ3v) is 7.03. The van der Waals surface area contributed by atoms with Crippen LogP contribution < -0.4 is 5.56 Å². The number of fused-ring (bicyclic) bond motifs is 1. The summed E-state index contributed by atoms with van der Waals surface area (Å²) >= 11 is 4.31. The molecule has 27 heavy (non-hydrogen) atoms. The molecule has 4 rings (SSSR count). The number of nitrogens with one attached hydrogen (secondary N) is 1. The van der Waals surface area contributed by atoms with Gasteiger partial charge in [-0.1, -0.05) is 30.0 Å². The molecule has 0 amide bonds. The molecule has 0 saturated heterocycles. The van der Waals surface area contributed by atoms with E-state index >= 15 is 0 Å². The van der Waals surface area contributed by atoms with Crippen molar-refractivity contribution in [1.82, 2.24) is 9.97 Å². The zero-order chi connectivity index (χ0) is 19.0. The van der Waals surface area contributed by atoms with E-state index in [9.17, 15) is 9.59 Å². The number of aromatic amines is 1. The number of aromatic nitrogens is 2. The molecule has 0 aliphatic rings. The first-order chi connectivity index (χ1) is 13.0. The van der Waals surface area contributed by atoms with Crippen LogP contribution in [0.3, 0.4) is 0 Å².